The maximum Gasteiger partial charge on any atom is 0.338 e. The average molecular weight is 602 g/mol. The molecule has 1 aromatic heterocycles. The fourth-order valence-corrected chi connectivity index (χ4v) is 8.63. The summed E-state index contributed by atoms with van der Waals surface area (Å²) in [5, 5.41) is 4.66. The molecule has 3 heterocycles. The highest BCUT2D eigenvalue weighted by molar-refractivity contribution is 8.00. The fraction of sp³-hybridized carbons (Fsp3) is 0.258. The van der Waals surface area contributed by atoms with Crippen molar-refractivity contribution in [2.24, 2.45) is 5.92 Å². The molecule has 214 valence electrons. The highest BCUT2D eigenvalue weighted by Crippen LogP contribution is 2.54. The average Bonchev–Trinajstić information content (AvgIpc) is 3.42. The number of aromatic nitrogens is 1. The molecule has 0 spiro atoms. The summed E-state index contributed by atoms with van der Waals surface area (Å²) in [4.78, 5) is 67.2. The van der Waals surface area contributed by atoms with Gasteiger partial charge in [0, 0.05) is 16.0 Å². The Labute approximate surface area is 249 Å². The van der Waals surface area contributed by atoms with Gasteiger partial charge in [-0.2, -0.15) is 0 Å². The van der Waals surface area contributed by atoms with Crippen molar-refractivity contribution in [2.75, 3.05) is 16.8 Å². The van der Waals surface area contributed by atoms with Crippen LogP contribution < -0.4 is 15.1 Å². The van der Waals surface area contributed by atoms with E-state index in [1.165, 1.54) is 16.7 Å². The van der Waals surface area contributed by atoms with Gasteiger partial charge in [0.15, 0.2) is 0 Å². The van der Waals surface area contributed by atoms with Gasteiger partial charge in [-0.25, -0.2) is 9.69 Å². The molecule has 1 N–H and O–H groups in total. The standard InChI is InChI=1S/C31H27N3O6S2/c1-4-40-29(38)18-10-13-21(14-11-18)34-26(36)23-24(27(34)37)41-28-25(31(23,2)3)42-30(39)33(28)16-22(35)32-20-12-9-17-7-5-6-8-19(17)15-20/h5-15,23-24H,4,16H2,1-3H3,(H,32,35). The van der Waals surface area contributed by atoms with E-state index in [4.69, 9.17) is 4.74 Å². The van der Waals surface area contributed by atoms with Crippen LogP contribution in [0.5, 0.6) is 0 Å². The molecule has 1 saturated heterocycles. The topological polar surface area (TPSA) is 115 Å². The number of anilines is 2. The van der Waals surface area contributed by atoms with Gasteiger partial charge in [0.05, 0.1) is 28.8 Å². The second kappa shape index (κ2) is 10.6. The summed E-state index contributed by atoms with van der Waals surface area (Å²) in [7, 11) is 0. The van der Waals surface area contributed by atoms with Crippen LogP contribution in [0.4, 0.5) is 11.4 Å². The van der Waals surface area contributed by atoms with Crippen LogP contribution >= 0.6 is 23.1 Å². The molecular weight excluding hydrogens is 574 g/mol. The van der Waals surface area contributed by atoms with E-state index in [1.54, 1.807) is 19.1 Å². The number of benzene rings is 3. The summed E-state index contributed by atoms with van der Waals surface area (Å²) < 4.78 is 6.42. The molecule has 2 aliphatic rings. The monoisotopic (exact) mass is 601 g/mol. The number of esters is 1. The van der Waals surface area contributed by atoms with Crippen molar-refractivity contribution in [3.05, 3.63) is 86.8 Å². The van der Waals surface area contributed by atoms with Crippen LogP contribution in [0.2, 0.25) is 0 Å². The number of carbonyl (C=O) groups is 4. The summed E-state index contributed by atoms with van der Waals surface area (Å²) in [6.07, 6.45) is 0. The Balaban J connectivity index is 1.26. The van der Waals surface area contributed by atoms with Gasteiger partial charge < -0.3 is 10.1 Å². The molecule has 0 aliphatic carbocycles. The summed E-state index contributed by atoms with van der Waals surface area (Å²) in [6, 6.07) is 19.6. The fourth-order valence-electron chi connectivity index (χ4n) is 5.59. The number of fused-ring (bicyclic) bond motifs is 3. The van der Waals surface area contributed by atoms with E-state index in [2.05, 4.69) is 5.32 Å². The number of ether oxygens (including phenoxy) is 1. The van der Waals surface area contributed by atoms with Gasteiger partial charge >= 0.3 is 10.8 Å². The van der Waals surface area contributed by atoms with Crippen LogP contribution in [0.15, 0.2) is 76.6 Å². The first-order chi connectivity index (χ1) is 20.1. The van der Waals surface area contributed by atoms with E-state index in [-0.39, 0.29) is 29.8 Å². The Morgan fingerprint density at radius 2 is 1.67 bits per heavy atom. The maximum atomic E-state index is 13.7. The van der Waals surface area contributed by atoms with E-state index in [1.807, 2.05) is 56.3 Å². The number of carbonyl (C=O) groups excluding carboxylic acids is 4. The Hall–Kier alpha value is -4.22. The molecule has 9 nitrogen and oxygen atoms in total. The number of thiazole rings is 1. The van der Waals surface area contributed by atoms with Crippen LogP contribution in [-0.4, -0.2) is 40.1 Å². The Kier molecular flexibility index (Phi) is 7.02. The van der Waals surface area contributed by atoms with Gasteiger partial charge in [-0.1, -0.05) is 67.3 Å². The molecule has 0 radical (unpaired) electrons. The number of amides is 3. The molecule has 2 aliphatic heterocycles. The SMILES string of the molecule is CCOC(=O)c1ccc(N2C(=O)C3Sc4c(sc(=O)n4CC(=O)Nc4ccc5ccccc5c4)C(C)(C)C3C2=O)cc1. The van der Waals surface area contributed by atoms with Crippen LogP contribution in [0.3, 0.4) is 0 Å². The zero-order valence-corrected chi connectivity index (χ0v) is 24.7. The van der Waals surface area contributed by atoms with E-state index < -0.39 is 28.5 Å². The van der Waals surface area contributed by atoms with Crippen molar-refractivity contribution >= 4 is 68.9 Å². The highest BCUT2D eigenvalue weighted by Gasteiger charge is 2.59. The Morgan fingerprint density at radius 3 is 2.38 bits per heavy atom. The lowest BCUT2D eigenvalue weighted by Crippen LogP contribution is -2.41. The van der Waals surface area contributed by atoms with E-state index >= 15 is 0 Å². The zero-order chi connectivity index (χ0) is 29.8. The molecule has 1 fully saturated rings. The van der Waals surface area contributed by atoms with Gasteiger partial charge in [0.1, 0.15) is 11.8 Å². The number of thioether (sulfide) groups is 1. The number of imide groups is 1. The van der Waals surface area contributed by atoms with Crippen molar-refractivity contribution in [1.82, 2.24) is 4.57 Å². The van der Waals surface area contributed by atoms with Crippen LogP contribution in [0.1, 0.15) is 36.0 Å². The molecule has 2 unspecified atom stereocenters. The third kappa shape index (κ3) is 4.62. The van der Waals surface area contributed by atoms with Crippen molar-refractivity contribution in [3.63, 3.8) is 0 Å². The highest BCUT2D eigenvalue weighted by atomic mass is 32.2. The molecule has 42 heavy (non-hydrogen) atoms. The normalized spacial score (nSPS) is 19.0. The lowest BCUT2D eigenvalue weighted by Gasteiger charge is -2.36. The second-order valence-electron chi connectivity index (χ2n) is 10.7. The number of hydrogen-bond donors (Lipinski definition) is 1. The molecule has 0 saturated carbocycles. The van der Waals surface area contributed by atoms with Crippen LogP contribution in [0.25, 0.3) is 10.8 Å². The Bertz CT molecular complexity index is 1820. The number of rotatable bonds is 6. The smallest absolute Gasteiger partial charge is 0.338 e. The molecule has 3 amide bonds. The largest absolute Gasteiger partial charge is 0.462 e. The minimum absolute atomic E-state index is 0.223. The van der Waals surface area contributed by atoms with E-state index in [9.17, 15) is 24.0 Å². The number of hydrogen-bond acceptors (Lipinski definition) is 8. The van der Waals surface area contributed by atoms with Gasteiger partial charge in [-0.3, -0.25) is 23.7 Å². The third-order valence-corrected chi connectivity index (χ3v) is 10.5. The van der Waals surface area contributed by atoms with Gasteiger partial charge in [-0.15, -0.1) is 0 Å². The van der Waals surface area contributed by atoms with E-state index in [0.717, 1.165) is 38.8 Å². The summed E-state index contributed by atoms with van der Waals surface area (Å²) >= 11 is 2.17. The molecule has 2 atom stereocenters. The predicted molar refractivity (Wildman–Crippen MR) is 162 cm³/mol. The lowest BCUT2D eigenvalue weighted by atomic mass is 9.76. The molecular formula is C31H27N3O6S2. The van der Waals surface area contributed by atoms with Crippen molar-refractivity contribution in [1.29, 1.82) is 0 Å². The molecule has 4 aromatic rings. The predicted octanol–water partition coefficient (Wildman–Crippen LogP) is 4.82. The number of nitrogens with one attached hydrogen (secondary N) is 1. The van der Waals surface area contributed by atoms with Gasteiger partial charge in [0.2, 0.25) is 17.7 Å². The van der Waals surface area contributed by atoms with Crippen LogP contribution in [-0.2, 0) is 31.1 Å². The summed E-state index contributed by atoms with van der Waals surface area (Å²) in [5.74, 6) is -2.32. The van der Waals surface area contributed by atoms with Crippen LogP contribution in [0, 0.1) is 5.92 Å². The van der Waals surface area contributed by atoms with Crippen molar-refractivity contribution in [3.8, 4) is 0 Å². The van der Waals surface area contributed by atoms with E-state index in [0.29, 0.717) is 26.8 Å². The zero-order valence-electron chi connectivity index (χ0n) is 23.1. The first kappa shape index (κ1) is 27.9. The molecule has 3 aromatic carbocycles. The second-order valence-corrected chi connectivity index (χ2v) is 12.8. The number of nitrogens with zero attached hydrogens (tertiary/aromatic N) is 2. The molecule has 0 bridgehead atoms. The molecule has 11 heteroatoms. The third-order valence-electron chi connectivity index (χ3n) is 7.68. The van der Waals surface area contributed by atoms with Gasteiger partial charge in [0.25, 0.3) is 0 Å². The Morgan fingerprint density at radius 1 is 0.952 bits per heavy atom. The summed E-state index contributed by atoms with van der Waals surface area (Å²) in [6.45, 7) is 5.44. The summed E-state index contributed by atoms with van der Waals surface area (Å²) in [5.41, 5.74) is 0.464. The quantitative estimate of drug-likeness (QED) is 0.249. The van der Waals surface area contributed by atoms with Crippen molar-refractivity contribution < 1.29 is 23.9 Å². The lowest BCUT2D eigenvalue weighted by molar-refractivity contribution is -0.123. The van der Waals surface area contributed by atoms with Crippen molar-refractivity contribution in [2.45, 2.75) is 43.0 Å². The molecule has 6 rings (SSSR count). The first-order valence-corrected chi connectivity index (χ1v) is 15.1. The maximum absolute atomic E-state index is 13.7. The minimum atomic E-state index is -0.832. The minimum Gasteiger partial charge on any atom is -0.462 e. The van der Waals surface area contributed by atoms with Gasteiger partial charge in [-0.05, 0) is 54.1 Å². The first-order valence-electron chi connectivity index (χ1n) is 13.4.